The number of ether oxygens (including phenoxy) is 3. The van der Waals surface area contributed by atoms with Gasteiger partial charge in [0.2, 0.25) is 6.10 Å². The van der Waals surface area contributed by atoms with Crippen molar-refractivity contribution in [3.63, 3.8) is 0 Å². The summed E-state index contributed by atoms with van der Waals surface area (Å²) in [5.74, 6) is -3.81. The molecular weight excluding hydrogens is 354 g/mol. The van der Waals surface area contributed by atoms with E-state index >= 15 is 0 Å². The molecule has 26 heavy (non-hydrogen) atoms. The maximum Gasteiger partial charge on any atom is 0.398 e. The lowest BCUT2D eigenvalue weighted by atomic mass is 9.48. The number of carboxylic acid groups (broad SMARTS) is 1. The largest absolute Gasteiger partial charge is 0.542 e. The van der Waals surface area contributed by atoms with Crippen LogP contribution in [0.2, 0.25) is 0 Å². The maximum atomic E-state index is 13.7. The van der Waals surface area contributed by atoms with Crippen molar-refractivity contribution in [2.75, 3.05) is 6.61 Å². The van der Waals surface area contributed by atoms with Crippen LogP contribution in [0.3, 0.4) is 0 Å². The summed E-state index contributed by atoms with van der Waals surface area (Å²) in [5, 5.41) is 10.7. The molecule has 0 radical (unpaired) electrons. The molecule has 0 aromatic heterocycles. The average molecular weight is 373 g/mol. The van der Waals surface area contributed by atoms with Crippen molar-refractivity contribution in [2.24, 2.45) is 17.3 Å². The zero-order chi connectivity index (χ0) is 18.7. The van der Waals surface area contributed by atoms with Gasteiger partial charge in [0.1, 0.15) is 5.97 Å². The number of aliphatic carboxylic acids is 1. The topological polar surface area (TPSA) is 102 Å². The summed E-state index contributed by atoms with van der Waals surface area (Å²) in [6.07, 6.45) is -2.81. The Hall–Kier alpha value is -1.77. The quantitative estimate of drug-likeness (QED) is 0.648. The molecule has 1 heterocycles. The Kier molecular flexibility index (Phi) is 3.81. The Morgan fingerprint density at radius 1 is 1.19 bits per heavy atom. The van der Waals surface area contributed by atoms with E-state index < -0.39 is 41.1 Å². The summed E-state index contributed by atoms with van der Waals surface area (Å²) >= 11 is 0. The number of carbonyl (C=O) groups is 3. The van der Waals surface area contributed by atoms with Crippen LogP contribution >= 0.6 is 0 Å². The summed E-state index contributed by atoms with van der Waals surface area (Å²) in [6, 6.07) is 0. The van der Waals surface area contributed by atoms with Crippen molar-refractivity contribution >= 4 is 17.9 Å². The number of carbonyl (C=O) groups excluding carboxylic acids is 3. The van der Waals surface area contributed by atoms with Crippen molar-refractivity contribution in [3.05, 3.63) is 0 Å². The van der Waals surface area contributed by atoms with Crippen molar-refractivity contribution in [3.8, 4) is 0 Å². The van der Waals surface area contributed by atoms with E-state index in [0.717, 1.165) is 6.42 Å². The van der Waals surface area contributed by atoms with Crippen LogP contribution in [0.25, 0.3) is 0 Å². The highest BCUT2D eigenvalue weighted by Gasteiger charge is 2.64. The molecule has 144 valence electrons. The molecule has 0 N–H and O–H groups in total. The van der Waals surface area contributed by atoms with Crippen LogP contribution in [0.4, 0.5) is 8.78 Å². The summed E-state index contributed by atoms with van der Waals surface area (Å²) in [7, 11) is 0. The van der Waals surface area contributed by atoms with Gasteiger partial charge in [0.05, 0.1) is 17.6 Å². The van der Waals surface area contributed by atoms with Gasteiger partial charge >= 0.3 is 18.0 Å². The SMILES string of the molecule is O=C1OCCC1OC(=O)C12CC3CC(CC(OC(F)(F)C(=O)[O-])(C3)C1)C2. The number of cyclic esters (lactones) is 1. The first-order valence-electron chi connectivity index (χ1n) is 8.80. The number of esters is 2. The summed E-state index contributed by atoms with van der Waals surface area (Å²) < 4.78 is 42.3. The number of rotatable bonds is 5. The third-order valence-corrected chi connectivity index (χ3v) is 6.16. The van der Waals surface area contributed by atoms with Gasteiger partial charge in [-0.25, -0.2) is 4.79 Å². The lowest BCUT2D eigenvalue weighted by molar-refractivity contribution is -0.387. The average Bonchev–Trinajstić information content (AvgIpc) is 2.89. The van der Waals surface area contributed by atoms with Gasteiger partial charge in [-0.3, -0.25) is 4.79 Å². The molecule has 0 amide bonds. The smallest absolute Gasteiger partial charge is 0.398 e. The zero-order valence-electron chi connectivity index (χ0n) is 14.0. The Labute approximate surface area is 148 Å². The van der Waals surface area contributed by atoms with Gasteiger partial charge in [-0.05, 0) is 50.4 Å². The Morgan fingerprint density at radius 3 is 2.38 bits per heavy atom. The van der Waals surface area contributed by atoms with E-state index in [-0.39, 0.29) is 44.1 Å². The second-order valence-corrected chi connectivity index (χ2v) is 8.18. The van der Waals surface area contributed by atoms with Crippen LogP contribution in [-0.2, 0) is 28.6 Å². The molecule has 3 unspecified atom stereocenters. The number of hydrogen-bond acceptors (Lipinski definition) is 7. The van der Waals surface area contributed by atoms with Crippen molar-refractivity contribution in [2.45, 2.75) is 62.8 Å². The normalized spacial score (nSPS) is 41.2. The molecule has 0 aromatic rings. The number of halogens is 2. The van der Waals surface area contributed by atoms with E-state index in [0.29, 0.717) is 12.8 Å². The lowest BCUT2D eigenvalue weighted by Crippen LogP contribution is -2.62. The first-order chi connectivity index (χ1) is 12.1. The van der Waals surface area contributed by atoms with Gasteiger partial charge in [-0.1, -0.05) is 0 Å². The van der Waals surface area contributed by atoms with E-state index in [1.165, 1.54) is 0 Å². The van der Waals surface area contributed by atoms with Gasteiger partial charge in [0, 0.05) is 6.42 Å². The molecule has 9 heteroatoms. The van der Waals surface area contributed by atoms with Crippen molar-refractivity contribution < 1.29 is 42.5 Å². The van der Waals surface area contributed by atoms with Gasteiger partial charge in [0.25, 0.3) is 0 Å². The van der Waals surface area contributed by atoms with Gasteiger partial charge in [-0.15, -0.1) is 0 Å². The summed E-state index contributed by atoms with van der Waals surface area (Å²) in [5.41, 5.74) is -2.40. The van der Waals surface area contributed by atoms with E-state index in [1.54, 1.807) is 0 Å². The van der Waals surface area contributed by atoms with E-state index in [1.807, 2.05) is 0 Å². The second kappa shape index (κ2) is 5.61. The molecule has 4 saturated carbocycles. The molecule has 1 aliphatic heterocycles. The highest BCUT2D eigenvalue weighted by atomic mass is 19.3. The molecule has 0 aromatic carbocycles. The van der Waals surface area contributed by atoms with E-state index in [9.17, 15) is 28.3 Å². The highest BCUT2D eigenvalue weighted by Crippen LogP contribution is 2.64. The number of alkyl halides is 2. The van der Waals surface area contributed by atoms with Crippen LogP contribution in [0.15, 0.2) is 0 Å². The van der Waals surface area contributed by atoms with E-state index in [4.69, 9.17) is 14.2 Å². The molecule has 5 rings (SSSR count). The molecule has 1 saturated heterocycles. The second-order valence-electron chi connectivity index (χ2n) is 8.18. The monoisotopic (exact) mass is 373 g/mol. The molecular formula is C17H19F2O7-. The Balaban J connectivity index is 1.57. The van der Waals surface area contributed by atoms with Crippen LogP contribution in [0.1, 0.15) is 44.9 Å². The molecule has 5 aliphatic rings. The fourth-order valence-corrected chi connectivity index (χ4v) is 5.69. The third kappa shape index (κ3) is 2.76. The highest BCUT2D eigenvalue weighted by molar-refractivity contribution is 5.83. The van der Waals surface area contributed by atoms with Gasteiger partial charge in [0.15, 0.2) is 0 Å². The Morgan fingerprint density at radius 2 is 1.85 bits per heavy atom. The molecule has 5 fully saturated rings. The third-order valence-electron chi connectivity index (χ3n) is 6.16. The van der Waals surface area contributed by atoms with Crippen LogP contribution in [0.5, 0.6) is 0 Å². The standard InChI is InChI=1S/C17H20F2O7/c18-17(19,13(21)22)26-16-6-9-3-10(7-16)5-15(4-9,8-16)14(23)25-11-1-2-24-12(11)20/h9-11H,1-8H2,(H,21,22)/p-1. The maximum absolute atomic E-state index is 13.7. The van der Waals surface area contributed by atoms with Crippen LogP contribution in [-0.4, -0.2) is 42.3 Å². The molecule has 3 atom stereocenters. The fraction of sp³-hybridized carbons (Fsp3) is 0.824. The van der Waals surface area contributed by atoms with Crippen LogP contribution < -0.4 is 5.11 Å². The van der Waals surface area contributed by atoms with Gasteiger partial charge in [-0.2, -0.15) is 8.78 Å². The molecule has 4 aliphatic carbocycles. The first kappa shape index (κ1) is 17.6. The van der Waals surface area contributed by atoms with Crippen LogP contribution in [0, 0.1) is 17.3 Å². The minimum absolute atomic E-state index is 0.0168. The predicted molar refractivity (Wildman–Crippen MR) is 76.3 cm³/mol. The molecule has 4 bridgehead atoms. The van der Waals surface area contributed by atoms with E-state index in [2.05, 4.69) is 0 Å². The van der Waals surface area contributed by atoms with Crippen molar-refractivity contribution in [1.29, 1.82) is 0 Å². The fourth-order valence-electron chi connectivity index (χ4n) is 5.69. The van der Waals surface area contributed by atoms with Crippen molar-refractivity contribution in [1.82, 2.24) is 0 Å². The first-order valence-corrected chi connectivity index (χ1v) is 8.80. The Bertz CT molecular complexity index is 647. The number of carboxylic acids is 1. The zero-order valence-corrected chi connectivity index (χ0v) is 14.0. The molecule has 0 spiro atoms. The number of hydrogen-bond donors (Lipinski definition) is 0. The minimum atomic E-state index is -4.41. The predicted octanol–water partition coefficient (Wildman–Crippen LogP) is 0.543. The lowest BCUT2D eigenvalue weighted by Gasteiger charge is -2.60. The van der Waals surface area contributed by atoms with Gasteiger partial charge < -0.3 is 24.1 Å². The minimum Gasteiger partial charge on any atom is -0.542 e. The molecule has 7 nitrogen and oxygen atoms in total. The summed E-state index contributed by atoms with van der Waals surface area (Å²) in [4.78, 5) is 35.1. The summed E-state index contributed by atoms with van der Waals surface area (Å²) in [6.45, 7) is 0.180.